The first-order chi connectivity index (χ1) is 13.4. The molecule has 3 rings (SSSR count). The number of nitrogens with one attached hydrogen (secondary N) is 3. The zero-order chi connectivity index (χ0) is 20.3. The predicted molar refractivity (Wildman–Crippen MR) is 115 cm³/mol. The van der Waals surface area contributed by atoms with E-state index in [2.05, 4.69) is 34.4 Å². The molecular weight excluding hydrogens is 374 g/mol. The molecule has 2 aliphatic heterocycles. The average Bonchev–Trinajstić information content (AvgIpc) is 3.17. The number of amides is 1. The number of likely N-dealkylation sites (tertiary alicyclic amines) is 1. The number of halogens is 1. The second-order valence-corrected chi connectivity index (χ2v) is 9.76. The number of rotatable bonds is 6. The van der Waals surface area contributed by atoms with Gasteiger partial charge in [-0.2, -0.15) is 0 Å². The van der Waals surface area contributed by atoms with E-state index >= 15 is 0 Å². The summed E-state index contributed by atoms with van der Waals surface area (Å²) in [5, 5.41) is 10.9. The van der Waals surface area contributed by atoms with Gasteiger partial charge >= 0.3 is 0 Å². The molecule has 7 unspecified atom stereocenters. The summed E-state index contributed by atoms with van der Waals surface area (Å²) < 4.78 is 0. The summed E-state index contributed by atoms with van der Waals surface area (Å²) in [5.74, 6) is 1.98. The lowest BCUT2D eigenvalue weighted by Crippen LogP contribution is -2.67. The zero-order valence-corrected chi connectivity index (χ0v) is 18.2. The lowest BCUT2D eigenvalue weighted by atomic mass is 9.80. The second-order valence-electron chi connectivity index (χ2n) is 9.20. The first-order valence-electron chi connectivity index (χ1n) is 10.9. The lowest BCUT2D eigenvalue weighted by Gasteiger charge is -2.47. The van der Waals surface area contributed by atoms with Crippen LogP contribution in [0, 0.1) is 23.7 Å². The van der Waals surface area contributed by atoms with Gasteiger partial charge in [-0.25, -0.2) is 0 Å². The maximum Gasteiger partial charge on any atom is 0.246 e. The van der Waals surface area contributed by atoms with Gasteiger partial charge in [-0.1, -0.05) is 13.5 Å². The second kappa shape index (κ2) is 9.90. The third-order valence-electron chi connectivity index (χ3n) is 6.96. The summed E-state index contributed by atoms with van der Waals surface area (Å²) in [6.07, 6.45) is 5.15. The highest BCUT2D eigenvalue weighted by Crippen LogP contribution is 2.35. The van der Waals surface area contributed by atoms with E-state index in [0.717, 1.165) is 39.0 Å². The molecule has 7 atom stereocenters. The number of hydrogen-bond acceptors (Lipinski definition) is 5. The highest BCUT2D eigenvalue weighted by Gasteiger charge is 2.40. The Kier molecular flexibility index (Phi) is 7.79. The van der Waals surface area contributed by atoms with Crippen LogP contribution in [-0.4, -0.2) is 61.2 Å². The number of hydrogen-bond donors (Lipinski definition) is 4. The highest BCUT2D eigenvalue weighted by molar-refractivity contribution is 6.20. The quantitative estimate of drug-likeness (QED) is 0.393. The molecule has 0 aromatic heterocycles. The van der Waals surface area contributed by atoms with E-state index < -0.39 is 0 Å². The Labute approximate surface area is 175 Å². The Morgan fingerprint density at radius 1 is 1.36 bits per heavy atom. The molecule has 1 saturated carbocycles. The Morgan fingerprint density at radius 3 is 2.79 bits per heavy atom. The Morgan fingerprint density at radius 2 is 2.14 bits per heavy atom. The van der Waals surface area contributed by atoms with Crippen LogP contribution in [-0.2, 0) is 4.79 Å². The van der Waals surface area contributed by atoms with Crippen molar-refractivity contribution in [3.63, 3.8) is 0 Å². The van der Waals surface area contributed by atoms with Gasteiger partial charge in [-0.3, -0.25) is 15.0 Å². The summed E-state index contributed by atoms with van der Waals surface area (Å²) in [6, 6.07) is 0. The summed E-state index contributed by atoms with van der Waals surface area (Å²) in [5.41, 5.74) is 6.48. The van der Waals surface area contributed by atoms with Gasteiger partial charge in [0.15, 0.2) is 0 Å². The van der Waals surface area contributed by atoms with Crippen LogP contribution in [0.25, 0.3) is 0 Å². The molecule has 1 amide bonds. The van der Waals surface area contributed by atoms with E-state index in [0.29, 0.717) is 35.8 Å². The van der Waals surface area contributed by atoms with Crippen molar-refractivity contribution in [2.24, 2.45) is 29.4 Å². The normalized spacial score (nSPS) is 39.6. The molecule has 0 spiro atoms. The molecule has 3 fully saturated rings. The van der Waals surface area contributed by atoms with Crippen molar-refractivity contribution < 1.29 is 4.79 Å². The molecule has 7 heteroatoms. The maximum absolute atomic E-state index is 12.0. The van der Waals surface area contributed by atoms with Gasteiger partial charge in [0.2, 0.25) is 5.91 Å². The van der Waals surface area contributed by atoms with Crippen LogP contribution in [0.4, 0.5) is 0 Å². The van der Waals surface area contributed by atoms with Gasteiger partial charge in [-0.15, -0.1) is 11.6 Å². The van der Waals surface area contributed by atoms with Crippen molar-refractivity contribution in [3.05, 3.63) is 12.2 Å². The average molecular weight is 412 g/mol. The van der Waals surface area contributed by atoms with Crippen LogP contribution in [0.2, 0.25) is 0 Å². The highest BCUT2D eigenvalue weighted by atomic mass is 35.5. The third-order valence-corrected chi connectivity index (χ3v) is 7.57. The smallest absolute Gasteiger partial charge is 0.246 e. The van der Waals surface area contributed by atoms with Crippen LogP contribution in [0.15, 0.2) is 12.2 Å². The topological polar surface area (TPSA) is 82.4 Å². The van der Waals surface area contributed by atoms with Crippen LogP contribution in [0.1, 0.15) is 39.5 Å². The molecule has 0 aromatic carbocycles. The molecule has 28 heavy (non-hydrogen) atoms. The molecule has 6 nitrogen and oxygen atoms in total. The zero-order valence-electron chi connectivity index (χ0n) is 17.4. The number of carbonyl (C=O) groups excluding carboxylic acids is 1. The number of carbonyl (C=O) groups is 1. The third kappa shape index (κ3) is 5.28. The molecule has 0 aromatic rings. The monoisotopic (exact) mass is 411 g/mol. The van der Waals surface area contributed by atoms with Crippen LogP contribution < -0.4 is 21.7 Å². The maximum atomic E-state index is 12.0. The van der Waals surface area contributed by atoms with E-state index in [9.17, 15) is 4.79 Å². The van der Waals surface area contributed by atoms with E-state index in [1.807, 2.05) is 0 Å². The predicted octanol–water partition coefficient (Wildman–Crippen LogP) is 1.46. The van der Waals surface area contributed by atoms with E-state index in [1.165, 1.54) is 12.8 Å². The summed E-state index contributed by atoms with van der Waals surface area (Å²) >= 11 is 6.59. The van der Waals surface area contributed by atoms with Crippen molar-refractivity contribution in [3.8, 4) is 0 Å². The van der Waals surface area contributed by atoms with Crippen molar-refractivity contribution in [2.45, 2.75) is 57.2 Å². The molecule has 5 N–H and O–H groups in total. The van der Waals surface area contributed by atoms with Gasteiger partial charge < -0.3 is 16.4 Å². The minimum absolute atomic E-state index is 0.0617. The van der Waals surface area contributed by atoms with Crippen molar-refractivity contribution in [1.29, 1.82) is 0 Å². The molecule has 0 bridgehead atoms. The standard InChI is InChI=1S/C21H38ClN5O/c1-13(2)21(28)25-11-17-10-24-19(16-5-4-14(3)18(22)8-16)26-20(17)27-7-6-15(9-23)12-27/h14-20,24,26H,1,4-12,23H2,2-3H3,(H,25,28). The first kappa shape index (κ1) is 22.0. The molecule has 1 aliphatic carbocycles. The lowest BCUT2D eigenvalue weighted by molar-refractivity contribution is -0.117. The van der Waals surface area contributed by atoms with Crippen LogP contribution in [0.3, 0.4) is 0 Å². The largest absolute Gasteiger partial charge is 0.352 e. The van der Waals surface area contributed by atoms with E-state index in [-0.39, 0.29) is 23.6 Å². The molecule has 2 saturated heterocycles. The molecule has 0 radical (unpaired) electrons. The van der Waals surface area contributed by atoms with Gasteiger partial charge in [0.25, 0.3) is 0 Å². The molecule has 2 heterocycles. The van der Waals surface area contributed by atoms with Gasteiger partial charge in [0.1, 0.15) is 0 Å². The summed E-state index contributed by atoms with van der Waals surface area (Å²) in [7, 11) is 0. The fraction of sp³-hybridized carbons (Fsp3) is 0.857. The fourth-order valence-electron chi connectivity index (χ4n) is 4.94. The van der Waals surface area contributed by atoms with Crippen LogP contribution in [0.5, 0.6) is 0 Å². The Bertz CT molecular complexity index is 559. The summed E-state index contributed by atoms with van der Waals surface area (Å²) in [4.78, 5) is 14.5. The Hall–Kier alpha value is -0.660. The van der Waals surface area contributed by atoms with Crippen molar-refractivity contribution in [2.75, 3.05) is 32.7 Å². The van der Waals surface area contributed by atoms with Gasteiger partial charge in [-0.05, 0) is 56.9 Å². The molecule has 160 valence electrons. The van der Waals surface area contributed by atoms with E-state index in [1.54, 1.807) is 6.92 Å². The SMILES string of the molecule is C=C(C)C(=O)NCC1CNC(C2CCC(C)C(Cl)C2)NC1N1CCC(CN)C1. The van der Waals surface area contributed by atoms with Gasteiger partial charge in [0, 0.05) is 43.0 Å². The fourth-order valence-corrected chi connectivity index (χ4v) is 5.30. The minimum Gasteiger partial charge on any atom is -0.352 e. The Balaban J connectivity index is 1.64. The number of alkyl halides is 1. The van der Waals surface area contributed by atoms with Gasteiger partial charge in [0.05, 0.1) is 12.3 Å². The molecular formula is C21H38ClN5O. The first-order valence-corrected chi connectivity index (χ1v) is 11.3. The van der Waals surface area contributed by atoms with Crippen LogP contribution >= 0.6 is 11.6 Å². The number of nitrogens with two attached hydrogens (primary N) is 1. The minimum atomic E-state index is -0.0617. The summed E-state index contributed by atoms with van der Waals surface area (Å²) in [6.45, 7) is 12.1. The van der Waals surface area contributed by atoms with Crippen molar-refractivity contribution in [1.82, 2.24) is 20.9 Å². The molecule has 3 aliphatic rings. The number of nitrogens with zero attached hydrogens (tertiary/aromatic N) is 1. The van der Waals surface area contributed by atoms with E-state index in [4.69, 9.17) is 17.3 Å². The van der Waals surface area contributed by atoms with Crippen molar-refractivity contribution >= 4 is 17.5 Å².